The zero-order valence-electron chi connectivity index (χ0n) is 15.2. The van der Waals surface area contributed by atoms with Gasteiger partial charge in [0, 0.05) is 37.8 Å². The quantitative estimate of drug-likeness (QED) is 0.781. The number of carbonyl (C=O) groups is 1. The molecular formula is C17H27ClN2O5. The number of carbonyl (C=O) groups excluding carboxylic acids is 1. The Bertz CT molecular complexity index is 545. The Morgan fingerprint density at radius 3 is 2.36 bits per heavy atom. The van der Waals surface area contributed by atoms with Crippen LogP contribution in [-0.4, -0.2) is 71.0 Å². The molecular weight excluding hydrogens is 348 g/mol. The molecule has 142 valence electrons. The summed E-state index contributed by atoms with van der Waals surface area (Å²) in [6, 6.07) is 3.51. The third-order valence-corrected chi connectivity index (χ3v) is 3.98. The molecule has 1 fully saturated rings. The van der Waals surface area contributed by atoms with E-state index in [4.69, 9.17) is 18.9 Å². The lowest BCUT2D eigenvalue weighted by Crippen LogP contribution is -2.54. The minimum absolute atomic E-state index is 0. The molecule has 1 heterocycles. The summed E-state index contributed by atoms with van der Waals surface area (Å²) < 4.78 is 21.4. The first-order valence-corrected chi connectivity index (χ1v) is 8.05. The maximum atomic E-state index is 12.9. The zero-order chi connectivity index (χ0) is 17.5. The zero-order valence-corrected chi connectivity index (χ0v) is 16.0. The number of methoxy groups -OCH3 is 3. The van der Waals surface area contributed by atoms with Gasteiger partial charge in [-0.1, -0.05) is 0 Å². The molecule has 0 radical (unpaired) electrons. The van der Waals surface area contributed by atoms with E-state index in [1.165, 1.54) is 21.3 Å². The van der Waals surface area contributed by atoms with E-state index in [2.05, 4.69) is 5.32 Å². The SMILES string of the molecule is CCOCC1CN(C(=O)c2cc(OC)c(OC)c(OC)c2)CCN1.Cl. The fourth-order valence-corrected chi connectivity index (χ4v) is 2.77. The van der Waals surface area contributed by atoms with Gasteiger partial charge in [-0.25, -0.2) is 0 Å². The van der Waals surface area contributed by atoms with Gasteiger partial charge in [-0.15, -0.1) is 12.4 Å². The molecule has 1 amide bonds. The third-order valence-electron chi connectivity index (χ3n) is 3.98. The van der Waals surface area contributed by atoms with E-state index in [9.17, 15) is 4.79 Å². The number of halogens is 1. The number of hydrogen-bond donors (Lipinski definition) is 1. The molecule has 0 aromatic heterocycles. The van der Waals surface area contributed by atoms with Gasteiger partial charge >= 0.3 is 0 Å². The molecule has 1 aromatic carbocycles. The van der Waals surface area contributed by atoms with Gasteiger partial charge in [-0.05, 0) is 19.1 Å². The number of benzene rings is 1. The predicted molar refractivity (Wildman–Crippen MR) is 97.5 cm³/mol. The lowest BCUT2D eigenvalue weighted by Gasteiger charge is -2.33. The maximum Gasteiger partial charge on any atom is 0.254 e. The Morgan fingerprint density at radius 2 is 1.84 bits per heavy atom. The molecule has 0 saturated carbocycles. The molecule has 7 nitrogen and oxygen atoms in total. The monoisotopic (exact) mass is 374 g/mol. The average molecular weight is 375 g/mol. The second-order valence-corrected chi connectivity index (χ2v) is 5.48. The third kappa shape index (κ3) is 5.14. The molecule has 1 aromatic rings. The van der Waals surface area contributed by atoms with Crippen molar-refractivity contribution >= 4 is 18.3 Å². The van der Waals surface area contributed by atoms with Crippen molar-refractivity contribution in [3.8, 4) is 17.2 Å². The number of nitrogens with zero attached hydrogens (tertiary/aromatic N) is 1. The fourth-order valence-electron chi connectivity index (χ4n) is 2.77. The van der Waals surface area contributed by atoms with Crippen LogP contribution in [0.15, 0.2) is 12.1 Å². The van der Waals surface area contributed by atoms with Crippen molar-refractivity contribution in [2.45, 2.75) is 13.0 Å². The molecule has 1 aliphatic heterocycles. The Kier molecular flexibility index (Phi) is 8.82. The molecule has 8 heteroatoms. The molecule has 2 rings (SSSR count). The van der Waals surface area contributed by atoms with Crippen molar-refractivity contribution in [2.75, 3.05) is 54.2 Å². The van der Waals surface area contributed by atoms with E-state index in [1.54, 1.807) is 12.1 Å². The van der Waals surface area contributed by atoms with Gasteiger partial charge in [0.1, 0.15) is 0 Å². The average Bonchev–Trinajstić information content (AvgIpc) is 2.64. The molecule has 1 unspecified atom stereocenters. The summed E-state index contributed by atoms with van der Waals surface area (Å²) in [6.07, 6.45) is 0. The summed E-state index contributed by atoms with van der Waals surface area (Å²) in [5, 5.41) is 3.37. The van der Waals surface area contributed by atoms with Gasteiger partial charge in [0.25, 0.3) is 5.91 Å². The minimum atomic E-state index is -0.0581. The fraction of sp³-hybridized carbons (Fsp3) is 0.588. The first-order chi connectivity index (χ1) is 11.6. The van der Waals surface area contributed by atoms with Crippen molar-refractivity contribution in [1.29, 1.82) is 0 Å². The smallest absolute Gasteiger partial charge is 0.254 e. The van der Waals surface area contributed by atoms with Crippen LogP contribution < -0.4 is 19.5 Å². The second-order valence-electron chi connectivity index (χ2n) is 5.48. The van der Waals surface area contributed by atoms with Gasteiger partial charge in [0.15, 0.2) is 11.5 Å². The van der Waals surface area contributed by atoms with Crippen LogP contribution in [0.3, 0.4) is 0 Å². The Balaban J connectivity index is 0.00000312. The van der Waals surface area contributed by atoms with Crippen LogP contribution in [0.5, 0.6) is 17.2 Å². The van der Waals surface area contributed by atoms with Crippen molar-refractivity contribution in [3.63, 3.8) is 0 Å². The number of nitrogens with one attached hydrogen (secondary N) is 1. The summed E-state index contributed by atoms with van der Waals surface area (Å²) in [4.78, 5) is 14.7. The van der Waals surface area contributed by atoms with Crippen molar-refractivity contribution in [2.24, 2.45) is 0 Å². The van der Waals surface area contributed by atoms with Gasteiger partial charge < -0.3 is 29.2 Å². The van der Waals surface area contributed by atoms with Crippen LogP contribution in [0.2, 0.25) is 0 Å². The summed E-state index contributed by atoms with van der Waals surface area (Å²) in [6.45, 7) is 5.22. The topological polar surface area (TPSA) is 69.3 Å². The van der Waals surface area contributed by atoms with Crippen molar-refractivity contribution in [1.82, 2.24) is 10.2 Å². The van der Waals surface area contributed by atoms with E-state index in [0.717, 1.165) is 6.54 Å². The van der Waals surface area contributed by atoms with Crippen LogP contribution in [0.25, 0.3) is 0 Å². The molecule has 1 saturated heterocycles. The summed E-state index contributed by atoms with van der Waals surface area (Å²) in [7, 11) is 4.61. The van der Waals surface area contributed by atoms with Crippen molar-refractivity contribution < 1.29 is 23.7 Å². The molecule has 0 aliphatic carbocycles. The normalized spacial score (nSPS) is 16.8. The molecule has 0 bridgehead atoms. The summed E-state index contributed by atoms with van der Waals surface area (Å²) >= 11 is 0. The molecule has 25 heavy (non-hydrogen) atoms. The van der Waals surface area contributed by atoms with Gasteiger partial charge in [0.2, 0.25) is 5.75 Å². The first kappa shape index (κ1) is 21.3. The highest BCUT2D eigenvalue weighted by Crippen LogP contribution is 2.38. The van der Waals surface area contributed by atoms with Gasteiger partial charge in [0.05, 0.1) is 27.9 Å². The van der Waals surface area contributed by atoms with Gasteiger partial charge in [-0.3, -0.25) is 4.79 Å². The minimum Gasteiger partial charge on any atom is -0.493 e. The Hall–Kier alpha value is -1.70. The highest BCUT2D eigenvalue weighted by Gasteiger charge is 2.26. The Labute approximate surface area is 155 Å². The molecule has 1 aliphatic rings. The molecule has 1 N–H and O–H groups in total. The van der Waals surface area contributed by atoms with Crippen molar-refractivity contribution in [3.05, 3.63) is 17.7 Å². The molecule has 1 atom stereocenters. The van der Waals surface area contributed by atoms with Crippen LogP contribution in [-0.2, 0) is 4.74 Å². The van der Waals surface area contributed by atoms with Crippen LogP contribution >= 0.6 is 12.4 Å². The van der Waals surface area contributed by atoms with E-state index in [-0.39, 0.29) is 24.4 Å². The van der Waals surface area contributed by atoms with E-state index in [1.807, 2.05) is 11.8 Å². The van der Waals surface area contributed by atoms with Gasteiger partial charge in [-0.2, -0.15) is 0 Å². The number of ether oxygens (including phenoxy) is 4. The van der Waals surface area contributed by atoms with Crippen LogP contribution in [0.4, 0.5) is 0 Å². The standard InChI is InChI=1S/C17H26N2O5.ClH/c1-5-24-11-13-10-19(7-6-18-13)17(20)12-8-14(21-2)16(23-4)15(9-12)22-3;/h8-9,13,18H,5-7,10-11H2,1-4H3;1H. The lowest BCUT2D eigenvalue weighted by atomic mass is 10.1. The number of piperazine rings is 1. The van der Waals surface area contributed by atoms with E-state index >= 15 is 0 Å². The lowest BCUT2D eigenvalue weighted by molar-refractivity contribution is 0.0599. The first-order valence-electron chi connectivity index (χ1n) is 8.05. The molecule has 0 spiro atoms. The number of rotatable bonds is 7. The number of amides is 1. The maximum absolute atomic E-state index is 12.9. The highest BCUT2D eigenvalue weighted by molar-refractivity contribution is 5.95. The second kappa shape index (κ2) is 10.3. The number of hydrogen-bond acceptors (Lipinski definition) is 6. The summed E-state index contributed by atoms with van der Waals surface area (Å²) in [5.74, 6) is 1.37. The van der Waals surface area contributed by atoms with Crippen LogP contribution in [0, 0.1) is 0 Å². The van der Waals surface area contributed by atoms with Crippen LogP contribution in [0.1, 0.15) is 17.3 Å². The largest absolute Gasteiger partial charge is 0.493 e. The highest BCUT2D eigenvalue weighted by atomic mass is 35.5. The van der Waals surface area contributed by atoms with E-state index < -0.39 is 0 Å². The summed E-state index contributed by atoms with van der Waals surface area (Å²) in [5.41, 5.74) is 0.515. The Morgan fingerprint density at radius 1 is 1.20 bits per heavy atom. The van der Waals surface area contributed by atoms with E-state index in [0.29, 0.717) is 49.1 Å². The predicted octanol–water partition coefficient (Wildman–Crippen LogP) is 1.58.